The third-order valence-corrected chi connectivity index (χ3v) is 2.42. The predicted molar refractivity (Wildman–Crippen MR) is 70.8 cm³/mol. The van der Waals surface area contributed by atoms with Gasteiger partial charge < -0.3 is 9.47 Å². The van der Waals surface area contributed by atoms with Gasteiger partial charge in [-0.2, -0.15) is 5.26 Å². The predicted octanol–water partition coefficient (Wildman–Crippen LogP) is 2.35. The molecular weight excluding hydrogens is 228 g/mol. The molecule has 0 spiro atoms. The summed E-state index contributed by atoms with van der Waals surface area (Å²) >= 11 is 0. The van der Waals surface area contributed by atoms with Crippen LogP contribution in [0.2, 0.25) is 0 Å². The minimum absolute atomic E-state index is 0.226. The van der Waals surface area contributed by atoms with Crippen LogP contribution in [0.5, 0.6) is 11.5 Å². The van der Waals surface area contributed by atoms with Crippen LogP contribution in [0.3, 0.4) is 0 Å². The number of hydrogen-bond acceptors (Lipinski definition) is 4. The van der Waals surface area contributed by atoms with Crippen molar-refractivity contribution in [1.29, 1.82) is 5.26 Å². The molecule has 0 saturated heterocycles. The van der Waals surface area contributed by atoms with Gasteiger partial charge in [0.1, 0.15) is 23.6 Å². The molecule has 1 atom stereocenters. The lowest BCUT2D eigenvalue weighted by Crippen LogP contribution is -2.49. The van der Waals surface area contributed by atoms with E-state index < -0.39 is 5.54 Å². The summed E-state index contributed by atoms with van der Waals surface area (Å²) in [4.78, 5) is 0. The third kappa shape index (κ3) is 4.27. The molecule has 0 amide bonds. The van der Waals surface area contributed by atoms with E-state index in [1.54, 1.807) is 13.2 Å². The maximum Gasteiger partial charge on any atom is 0.138 e. The topological polar surface area (TPSA) is 54.3 Å². The summed E-state index contributed by atoms with van der Waals surface area (Å²) in [6, 6.07) is 9.81. The van der Waals surface area contributed by atoms with E-state index >= 15 is 0 Å². The third-order valence-electron chi connectivity index (χ3n) is 2.42. The molecule has 4 nitrogen and oxygen atoms in total. The standard InChI is InChI=1S/C14H20N2O2/c1-11(2)16-14(3,9-15)10-18-13-7-5-6-12(8-13)17-4/h5-8,11,16H,10H2,1-4H3. The first-order chi connectivity index (χ1) is 8.49. The lowest BCUT2D eigenvalue weighted by Gasteiger charge is -2.25. The van der Waals surface area contributed by atoms with Gasteiger partial charge in [0.05, 0.1) is 13.2 Å². The first-order valence-electron chi connectivity index (χ1n) is 5.95. The van der Waals surface area contributed by atoms with E-state index in [1.807, 2.05) is 39.0 Å². The zero-order chi connectivity index (χ0) is 13.6. The second-order valence-electron chi connectivity index (χ2n) is 4.71. The fourth-order valence-corrected chi connectivity index (χ4v) is 1.66. The van der Waals surface area contributed by atoms with Crippen molar-refractivity contribution in [3.8, 4) is 17.6 Å². The smallest absolute Gasteiger partial charge is 0.138 e. The van der Waals surface area contributed by atoms with Gasteiger partial charge in [0.25, 0.3) is 0 Å². The van der Waals surface area contributed by atoms with Crippen LogP contribution in [0.15, 0.2) is 24.3 Å². The van der Waals surface area contributed by atoms with Crippen molar-refractivity contribution in [2.75, 3.05) is 13.7 Å². The molecule has 1 aromatic carbocycles. The molecule has 1 rings (SSSR count). The van der Waals surface area contributed by atoms with Crippen LogP contribution in [0, 0.1) is 11.3 Å². The molecule has 0 fully saturated rings. The van der Waals surface area contributed by atoms with Gasteiger partial charge >= 0.3 is 0 Å². The molecule has 0 aromatic heterocycles. The summed E-state index contributed by atoms with van der Waals surface area (Å²) in [5, 5.41) is 12.4. The fourth-order valence-electron chi connectivity index (χ4n) is 1.66. The summed E-state index contributed by atoms with van der Waals surface area (Å²) in [6.45, 7) is 6.12. The first kappa shape index (κ1) is 14.3. The molecule has 0 saturated carbocycles. The minimum atomic E-state index is -0.697. The van der Waals surface area contributed by atoms with Crippen LogP contribution in [-0.4, -0.2) is 25.3 Å². The summed E-state index contributed by atoms with van der Waals surface area (Å²) in [7, 11) is 1.61. The van der Waals surface area contributed by atoms with Gasteiger partial charge in [-0.15, -0.1) is 0 Å². The molecule has 1 N–H and O–H groups in total. The van der Waals surface area contributed by atoms with Crippen LogP contribution < -0.4 is 14.8 Å². The zero-order valence-electron chi connectivity index (χ0n) is 11.4. The summed E-state index contributed by atoms with van der Waals surface area (Å²) in [5.41, 5.74) is -0.697. The van der Waals surface area contributed by atoms with Gasteiger partial charge in [0, 0.05) is 12.1 Å². The maximum atomic E-state index is 9.20. The lowest BCUT2D eigenvalue weighted by molar-refractivity contribution is 0.224. The van der Waals surface area contributed by atoms with Gasteiger partial charge in [0.2, 0.25) is 0 Å². The molecule has 0 bridgehead atoms. The summed E-state index contributed by atoms with van der Waals surface area (Å²) in [5.74, 6) is 1.43. The molecule has 0 aliphatic rings. The van der Waals surface area contributed by atoms with Gasteiger partial charge in [-0.3, -0.25) is 5.32 Å². The van der Waals surface area contributed by atoms with Gasteiger partial charge in [0.15, 0.2) is 0 Å². The zero-order valence-corrected chi connectivity index (χ0v) is 11.4. The minimum Gasteiger partial charge on any atom is -0.497 e. The molecule has 1 aromatic rings. The number of nitrogens with one attached hydrogen (secondary N) is 1. The lowest BCUT2D eigenvalue weighted by atomic mass is 10.1. The average Bonchev–Trinajstić information content (AvgIpc) is 2.36. The van der Waals surface area contributed by atoms with Crippen LogP contribution in [-0.2, 0) is 0 Å². The second-order valence-corrected chi connectivity index (χ2v) is 4.71. The molecular formula is C14H20N2O2. The average molecular weight is 248 g/mol. The van der Waals surface area contributed by atoms with Crippen molar-refractivity contribution < 1.29 is 9.47 Å². The van der Waals surface area contributed by atoms with E-state index in [9.17, 15) is 5.26 Å². The summed E-state index contributed by atoms with van der Waals surface area (Å²) < 4.78 is 10.8. The highest BCUT2D eigenvalue weighted by molar-refractivity contribution is 5.33. The Labute approximate surface area is 109 Å². The second kappa shape index (κ2) is 6.27. The molecule has 4 heteroatoms. The van der Waals surface area contributed by atoms with Gasteiger partial charge in [-0.25, -0.2) is 0 Å². The highest BCUT2D eigenvalue weighted by Crippen LogP contribution is 2.20. The molecule has 1 unspecified atom stereocenters. The van der Waals surface area contributed by atoms with Crippen molar-refractivity contribution in [3.05, 3.63) is 24.3 Å². The SMILES string of the molecule is COc1cccc(OCC(C)(C#N)NC(C)C)c1. The van der Waals surface area contributed by atoms with Crippen molar-refractivity contribution >= 4 is 0 Å². The van der Waals surface area contributed by atoms with E-state index in [-0.39, 0.29) is 12.6 Å². The number of rotatable bonds is 6. The molecule has 18 heavy (non-hydrogen) atoms. The molecule has 98 valence electrons. The maximum absolute atomic E-state index is 9.20. The Morgan fingerprint density at radius 3 is 2.61 bits per heavy atom. The van der Waals surface area contributed by atoms with Crippen molar-refractivity contribution in [1.82, 2.24) is 5.32 Å². The number of benzene rings is 1. The molecule has 0 aliphatic heterocycles. The number of methoxy groups -OCH3 is 1. The van der Waals surface area contributed by atoms with Crippen molar-refractivity contribution in [3.63, 3.8) is 0 Å². The Hall–Kier alpha value is -1.73. The van der Waals surface area contributed by atoms with E-state index in [2.05, 4.69) is 11.4 Å². The van der Waals surface area contributed by atoms with E-state index in [0.717, 1.165) is 5.75 Å². The van der Waals surface area contributed by atoms with E-state index in [4.69, 9.17) is 9.47 Å². The van der Waals surface area contributed by atoms with Gasteiger partial charge in [-0.05, 0) is 32.9 Å². The number of ether oxygens (including phenoxy) is 2. The van der Waals surface area contributed by atoms with E-state index in [0.29, 0.717) is 5.75 Å². The Morgan fingerprint density at radius 1 is 1.39 bits per heavy atom. The summed E-state index contributed by atoms with van der Waals surface area (Å²) in [6.07, 6.45) is 0. The van der Waals surface area contributed by atoms with Crippen LogP contribution in [0.25, 0.3) is 0 Å². The van der Waals surface area contributed by atoms with Crippen LogP contribution >= 0.6 is 0 Å². The molecule has 0 heterocycles. The molecule has 0 aliphatic carbocycles. The Balaban J connectivity index is 2.65. The Kier molecular flexibility index (Phi) is 4.99. The van der Waals surface area contributed by atoms with Crippen LogP contribution in [0.4, 0.5) is 0 Å². The number of nitriles is 1. The Bertz CT molecular complexity index is 426. The van der Waals surface area contributed by atoms with E-state index in [1.165, 1.54) is 0 Å². The molecule has 0 radical (unpaired) electrons. The van der Waals surface area contributed by atoms with Crippen molar-refractivity contribution in [2.45, 2.75) is 32.4 Å². The largest absolute Gasteiger partial charge is 0.497 e. The van der Waals surface area contributed by atoms with Crippen LogP contribution in [0.1, 0.15) is 20.8 Å². The first-order valence-corrected chi connectivity index (χ1v) is 5.95. The number of nitrogens with zero attached hydrogens (tertiary/aromatic N) is 1. The quantitative estimate of drug-likeness (QED) is 0.839. The fraction of sp³-hybridized carbons (Fsp3) is 0.500. The monoisotopic (exact) mass is 248 g/mol. The van der Waals surface area contributed by atoms with Gasteiger partial charge in [-0.1, -0.05) is 6.07 Å². The van der Waals surface area contributed by atoms with Crippen molar-refractivity contribution in [2.24, 2.45) is 0 Å². The normalized spacial score (nSPS) is 13.8. The number of hydrogen-bond donors (Lipinski definition) is 1. The highest BCUT2D eigenvalue weighted by atomic mass is 16.5. The highest BCUT2D eigenvalue weighted by Gasteiger charge is 2.25. The Morgan fingerprint density at radius 2 is 2.06 bits per heavy atom.